The van der Waals surface area contributed by atoms with Gasteiger partial charge in [0.2, 0.25) is 0 Å². The molecule has 0 fully saturated rings. The van der Waals surface area contributed by atoms with Gasteiger partial charge in [0, 0.05) is 11.8 Å². The number of carbonyl (C=O) groups excluding carboxylic acids is 1. The highest BCUT2D eigenvalue weighted by atomic mass is 16.5. The van der Waals surface area contributed by atoms with E-state index in [1.807, 2.05) is 36.4 Å². The lowest BCUT2D eigenvalue weighted by Crippen LogP contribution is -2.04. The fraction of sp³-hybridized carbons (Fsp3) is 0.143. The molecule has 0 amide bonds. The molecule has 0 aliphatic heterocycles. The summed E-state index contributed by atoms with van der Waals surface area (Å²) in [4.78, 5) is 16.3. The molecule has 1 aromatic heterocycles. The molecule has 0 N–H and O–H groups in total. The summed E-state index contributed by atoms with van der Waals surface area (Å²) in [7, 11) is 0. The van der Waals surface area contributed by atoms with Crippen molar-refractivity contribution < 1.29 is 9.53 Å². The van der Waals surface area contributed by atoms with Gasteiger partial charge in [-0.2, -0.15) is 0 Å². The predicted molar refractivity (Wildman–Crippen MR) is 95.8 cm³/mol. The largest absolute Gasteiger partial charge is 0.462 e. The molecule has 0 radical (unpaired) electrons. The van der Waals surface area contributed by atoms with Crippen molar-refractivity contribution in [3.8, 4) is 22.4 Å². The molecule has 0 aliphatic rings. The molecular weight excluding hydrogens is 298 g/mol. The average molecular weight is 317 g/mol. The van der Waals surface area contributed by atoms with Gasteiger partial charge in [0.15, 0.2) is 0 Å². The Kier molecular flexibility index (Phi) is 4.71. The molecule has 0 saturated carbocycles. The second-order valence-corrected chi connectivity index (χ2v) is 5.51. The van der Waals surface area contributed by atoms with Crippen LogP contribution < -0.4 is 0 Å². The summed E-state index contributed by atoms with van der Waals surface area (Å²) in [6, 6.07) is 19.6. The monoisotopic (exact) mass is 317 g/mol. The molecule has 0 aliphatic carbocycles. The van der Waals surface area contributed by atoms with E-state index in [1.54, 1.807) is 25.3 Å². The molecule has 120 valence electrons. The van der Waals surface area contributed by atoms with Crippen LogP contribution in [0, 0.1) is 6.92 Å². The van der Waals surface area contributed by atoms with E-state index in [0.29, 0.717) is 12.2 Å². The first-order chi connectivity index (χ1) is 11.7. The van der Waals surface area contributed by atoms with Crippen molar-refractivity contribution >= 4 is 5.97 Å². The SMILES string of the molecule is CCOC(=O)c1ccc(-c2cccc(C)c2-c2ccccn2)cc1. The molecule has 3 heteroatoms. The summed E-state index contributed by atoms with van der Waals surface area (Å²) < 4.78 is 5.04. The number of pyridine rings is 1. The van der Waals surface area contributed by atoms with Crippen molar-refractivity contribution in [1.29, 1.82) is 0 Å². The van der Waals surface area contributed by atoms with Crippen molar-refractivity contribution in [2.24, 2.45) is 0 Å². The highest BCUT2D eigenvalue weighted by molar-refractivity contribution is 5.91. The molecule has 3 rings (SSSR count). The van der Waals surface area contributed by atoms with E-state index in [2.05, 4.69) is 24.0 Å². The number of benzene rings is 2. The van der Waals surface area contributed by atoms with E-state index >= 15 is 0 Å². The molecule has 0 unspecified atom stereocenters. The number of aromatic nitrogens is 1. The topological polar surface area (TPSA) is 39.2 Å². The summed E-state index contributed by atoms with van der Waals surface area (Å²) >= 11 is 0. The smallest absolute Gasteiger partial charge is 0.338 e. The van der Waals surface area contributed by atoms with E-state index in [9.17, 15) is 4.79 Å². The van der Waals surface area contributed by atoms with Gasteiger partial charge in [-0.1, -0.05) is 36.4 Å². The van der Waals surface area contributed by atoms with Gasteiger partial charge < -0.3 is 4.74 Å². The molecule has 0 saturated heterocycles. The van der Waals surface area contributed by atoms with Crippen LogP contribution in [0.2, 0.25) is 0 Å². The van der Waals surface area contributed by atoms with Crippen molar-refractivity contribution in [2.45, 2.75) is 13.8 Å². The third kappa shape index (κ3) is 3.20. The van der Waals surface area contributed by atoms with Crippen LogP contribution in [0.5, 0.6) is 0 Å². The minimum absolute atomic E-state index is 0.293. The Morgan fingerprint density at radius 2 is 1.79 bits per heavy atom. The number of nitrogens with zero attached hydrogens (tertiary/aromatic N) is 1. The minimum Gasteiger partial charge on any atom is -0.462 e. The van der Waals surface area contributed by atoms with E-state index < -0.39 is 0 Å². The molecule has 0 atom stereocenters. The third-order valence-corrected chi connectivity index (χ3v) is 3.90. The summed E-state index contributed by atoms with van der Waals surface area (Å²) in [5.74, 6) is -0.293. The lowest BCUT2D eigenvalue weighted by Gasteiger charge is -2.13. The fourth-order valence-electron chi connectivity index (χ4n) is 2.76. The van der Waals surface area contributed by atoms with Crippen LogP contribution in [-0.4, -0.2) is 17.6 Å². The summed E-state index contributed by atoms with van der Waals surface area (Å²) in [5.41, 5.74) is 5.94. The van der Waals surface area contributed by atoms with Crippen LogP contribution in [0.25, 0.3) is 22.4 Å². The summed E-state index contributed by atoms with van der Waals surface area (Å²) in [6.45, 7) is 4.26. The number of carbonyl (C=O) groups is 1. The Hall–Kier alpha value is -2.94. The van der Waals surface area contributed by atoms with Crippen molar-refractivity contribution in [1.82, 2.24) is 4.98 Å². The molecule has 3 nitrogen and oxygen atoms in total. The zero-order valence-corrected chi connectivity index (χ0v) is 13.8. The Balaban J connectivity index is 2.04. The standard InChI is InChI=1S/C21H19NO2/c1-3-24-21(23)17-12-10-16(11-13-17)18-8-6-7-15(2)20(18)19-9-4-5-14-22-19/h4-14H,3H2,1-2H3. The minimum atomic E-state index is -0.293. The first kappa shape index (κ1) is 15.9. The van der Waals surface area contributed by atoms with Gasteiger partial charge in [0.25, 0.3) is 0 Å². The van der Waals surface area contributed by atoms with Gasteiger partial charge in [-0.05, 0) is 54.8 Å². The van der Waals surface area contributed by atoms with Crippen LogP contribution in [0.4, 0.5) is 0 Å². The molecule has 0 bridgehead atoms. The number of hydrogen-bond donors (Lipinski definition) is 0. The fourth-order valence-corrected chi connectivity index (χ4v) is 2.76. The maximum Gasteiger partial charge on any atom is 0.338 e. The predicted octanol–water partition coefficient (Wildman–Crippen LogP) is 4.90. The average Bonchev–Trinajstić information content (AvgIpc) is 2.62. The summed E-state index contributed by atoms with van der Waals surface area (Å²) in [5, 5.41) is 0. The molecule has 24 heavy (non-hydrogen) atoms. The van der Waals surface area contributed by atoms with Gasteiger partial charge in [0.05, 0.1) is 17.9 Å². The zero-order chi connectivity index (χ0) is 16.9. The van der Waals surface area contributed by atoms with Gasteiger partial charge in [0.1, 0.15) is 0 Å². The van der Waals surface area contributed by atoms with Crippen molar-refractivity contribution in [2.75, 3.05) is 6.61 Å². The highest BCUT2D eigenvalue weighted by Crippen LogP contribution is 2.33. The maximum absolute atomic E-state index is 11.8. The molecule has 0 spiro atoms. The Morgan fingerprint density at radius 3 is 2.46 bits per heavy atom. The second-order valence-electron chi connectivity index (χ2n) is 5.51. The number of hydrogen-bond acceptors (Lipinski definition) is 3. The number of aryl methyl sites for hydroxylation is 1. The lowest BCUT2D eigenvalue weighted by atomic mass is 9.93. The van der Waals surface area contributed by atoms with Gasteiger partial charge >= 0.3 is 5.97 Å². The summed E-state index contributed by atoms with van der Waals surface area (Å²) in [6.07, 6.45) is 1.80. The van der Waals surface area contributed by atoms with E-state index in [1.165, 1.54) is 5.56 Å². The molecule has 1 heterocycles. The van der Waals surface area contributed by atoms with Crippen molar-refractivity contribution in [3.05, 3.63) is 78.0 Å². The Labute approximate surface area is 142 Å². The number of rotatable bonds is 4. The quantitative estimate of drug-likeness (QED) is 0.642. The van der Waals surface area contributed by atoms with Crippen LogP contribution in [-0.2, 0) is 4.74 Å². The molecule has 2 aromatic carbocycles. The number of ether oxygens (including phenoxy) is 1. The lowest BCUT2D eigenvalue weighted by molar-refractivity contribution is 0.0526. The Morgan fingerprint density at radius 1 is 1.00 bits per heavy atom. The van der Waals surface area contributed by atoms with Crippen LogP contribution in [0.1, 0.15) is 22.8 Å². The second kappa shape index (κ2) is 7.09. The van der Waals surface area contributed by atoms with Gasteiger partial charge in [-0.15, -0.1) is 0 Å². The highest BCUT2D eigenvalue weighted by Gasteiger charge is 2.12. The third-order valence-electron chi connectivity index (χ3n) is 3.90. The van der Waals surface area contributed by atoms with Crippen LogP contribution >= 0.6 is 0 Å². The van der Waals surface area contributed by atoms with Gasteiger partial charge in [-0.3, -0.25) is 4.98 Å². The molecular formula is C21H19NO2. The van der Waals surface area contributed by atoms with Crippen LogP contribution in [0.3, 0.4) is 0 Å². The Bertz CT molecular complexity index is 839. The first-order valence-electron chi connectivity index (χ1n) is 7.99. The van der Waals surface area contributed by atoms with E-state index in [4.69, 9.17) is 4.74 Å². The first-order valence-corrected chi connectivity index (χ1v) is 7.99. The normalized spacial score (nSPS) is 10.4. The number of esters is 1. The van der Waals surface area contributed by atoms with E-state index in [-0.39, 0.29) is 5.97 Å². The molecule has 3 aromatic rings. The van der Waals surface area contributed by atoms with Crippen LogP contribution in [0.15, 0.2) is 66.9 Å². The zero-order valence-electron chi connectivity index (χ0n) is 13.8. The van der Waals surface area contributed by atoms with Crippen molar-refractivity contribution in [3.63, 3.8) is 0 Å². The maximum atomic E-state index is 11.8. The van der Waals surface area contributed by atoms with Gasteiger partial charge in [-0.25, -0.2) is 4.79 Å². The van der Waals surface area contributed by atoms with E-state index in [0.717, 1.165) is 22.4 Å².